The van der Waals surface area contributed by atoms with Crippen LogP contribution in [0.1, 0.15) is 16.1 Å². The lowest BCUT2D eigenvalue weighted by Crippen LogP contribution is -2.32. The van der Waals surface area contributed by atoms with E-state index in [9.17, 15) is 9.59 Å². The average molecular weight is 333 g/mol. The maximum absolute atomic E-state index is 12.0. The number of anilines is 1. The Morgan fingerprint density at radius 3 is 2.33 bits per heavy atom. The lowest BCUT2D eigenvalue weighted by molar-refractivity contribution is -0.115. The SMILES string of the molecule is COc1cc(NC(=O)CNC(=O)c2coc(CN)c2)cc(OC)c1. The summed E-state index contributed by atoms with van der Waals surface area (Å²) in [5.41, 5.74) is 6.22. The number of methoxy groups -OCH3 is 2. The minimum Gasteiger partial charge on any atom is -0.497 e. The predicted octanol–water partition coefficient (Wildman–Crippen LogP) is 1.12. The molecule has 0 radical (unpaired) electrons. The van der Waals surface area contributed by atoms with Crippen molar-refractivity contribution in [3.05, 3.63) is 41.9 Å². The van der Waals surface area contributed by atoms with E-state index in [-0.39, 0.29) is 19.0 Å². The van der Waals surface area contributed by atoms with Gasteiger partial charge in [-0.25, -0.2) is 0 Å². The Hall–Kier alpha value is -3.00. The number of rotatable bonds is 7. The minimum absolute atomic E-state index is 0.193. The molecule has 0 bridgehead atoms. The maximum Gasteiger partial charge on any atom is 0.254 e. The number of furan rings is 1. The van der Waals surface area contributed by atoms with Crippen LogP contribution in [0.15, 0.2) is 34.9 Å². The van der Waals surface area contributed by atoms with Crippen molar-refractivity contribution in [2.75, 3.05) is 26.1 Å². The first-order valence-electron chi connectivity index (χ1n) is 7.14. The van der Waals surface area contributed by atoms with E-state index in [0.29, 0.717) is 28.5 Å². The van der Waals surface area contributed by atoms with E-state index in [2.05, 4.69) is 10.6 Å². The van der Waals surface area contributed by atoms with Crippen LogP contribution < -0.4 is 25.8 Å². The molecule has 2 aromatic rings. The Balaban J connectivity index is 1.92. The normalized spacial score (nSPS) is 10.1. The third-order valence-electron chi connectivity index (χ3n) is 3.16. The highest BCUT2D eigenvalue weighted by Gasteiger charge is 2.12. The third-order valence-corrected chi connectivity index (χ3v) is 3.16. The lowest BCUT2D eigenvalue weighted by atomic mass is 10.2. The van der Waals surface area contributed by atoms with Gasteiger partial charge in [0.05, 0.1) is 32.9 Å². The molecule has 0 saturated carbocycles. The van der Waals surface area contributed by atoms with Crippen LogP contribution >= 0.6 is 0 Å². The average Bonchev–Trinajstić information content (AvgIpc) is 3.08. The monoisotopic (exact) mass is 333 g/mol. The van der Waals surface area contributed by atoms with Crippen molar-refractivity contribution in [2.24, 2.45) is 5.73 Å². The first-order valence-corrected chi connectivity index (χ1v) is 7.14. The number of carbonyl (C=O) groups excluding carboxylic acids is 2. The standard InChI is InChI=1S/C16H19N3O5/c1-22-12-4-11(5-13(6-12)23-2)19-15(20)8-18-16(21)10-3-14(7-17)24-9-10/h3-6,9H,7-8,17H2,1-2H3,(H,18,21)(H,19,20). The molecule has 1 aromatic heterocycles. The Morgan fingerprint density at radius 2 is 1.79 bits per heavy atom. The number of benzene rings is 1. The number of nitrogens with one attached hydrogen (secondary N) is 2. The first kappa shape index (κ1) is 17.4. The number of ether oxygens (including phenoxy) is 2. The van der Waals surface area contributed by atoms with Gasteiger partial charge in [-0.2, -0.15) is 0 Å². The van der Waals surface area contributed by atoms with Gasteiger partial charge in [0.25, 0.3) is 5.91 Å². The molecule has 0 aliphatic carbocycles. The van der Waals surface area contributed by atoms with Crippen molar-refractivity contribution in [3.63, 3.8) is 0 Å². The predicted molar refractivity (Wildman–Crippen MR) is 87.1 cm³/mol. The van der Waals surface area contributed by atoms with E-state index in [1.54, 1.807) is 18.2 Å². The largest absolute Gasteiger partial charge is 0.497 e. The van der Waals surface area contributed by atoms with Gasteiger partial charge in [0.15, 0.2) is 0 Å². The molecule has 128 valence electrons. The molecule has 1 aromatic carbocycles. The van der Waals surface area contributed by atoms with Gasteiger partial charge >= 0.3 is 0 Å². The minimum atomic E-state index is -0.420. The number of nitrogens with two attached hydrogens (primary N) is 1. The smallest absolute Gasteiger partial charge is 0.254 e. The Bertz CT molecular complexity index is 704. The van der Waals surface area contributed by atoms with Crippen LogP contribution in [0.25, 0.3) is 0 Å². The van der Waals surface area contributed by atoms with Crippen LogP contribution in [0.5, 0.6) is 11.5 Å². The van der Waals surface area contributed by atoms with Crippen LogP contribution in [0.2, 0.25) is 0 Å². The second-order valence-electron chi connectivity index (χ2n) is 4.84. The molecule has 4 N–H and O–H groups in total. The molecule has 0 saturated heterocycles. The van der Waals surface area contributed by atoms with E-state index < -0.39 is 5.91 Å². The first-order chi connectivity index (χ1) is 11.5. The molecule has 0 atom stereocenters. The molecule has 0 aliphatic rings. The van der Waals surface area contributed by atoms with Gasteiger partial charge in [-0.1, -0.05) is 0 Å². The van der Waals surface area contributed by atoms with Gasteiger partial charge in [0.1, 0.15) is 23.5 Å². The number of amides is 2. The molecular weight excluding hydrogens is 314 g/mol. The summed E-state index contributed by atoms with van der Waals surface area (Å²) < 4.78 is 15.3. The molecule has 0 spiro atoms. The molecule has 2 amide bonds. The van der Waals surface area contributed by atoms with Gasteiger partial charge in [-0.15, -0.1) is 0 Å². The Labute approximate surface area is 138 Å². The summed E-state index contributed by atoms with van der Waals surface area (Å²) in [6.45, 7) is 0.00688. The molecule has 8 heteroatoms. The second-order valence-corrected chi connectivity index (χ2v) is 4.84. The van der Waals surface area contributed by atoms with Crippen LogP contribution in [0.3, 0.4) is 0 Å². The number of hydrogen-bond donors (Lipinski definition) is 3. The van der Waals surface area contributed by atoms with Crippen molar-refractivity contribution in [1.82, 2.24) is 5.32 Å². The lowest BCUT2D eigenvalue weighted by Gasteiger charge is -2.10. The van der Waals surface area contributed by atoms with Crippen molar-refractivity contribution in [2.45, 2.75) is 6.54 Å². The summed E-state index contributed by atoms with van der Waals surface area (Å²) in [6.07, 6.45) is 1.29. The molecule has 0 fully saturated rings. The second kappa shape index (κ2) is 8.02. The molecule has 0 unspecified atom stereocenters. The molecule has 2 rings (SSSR count). The highest BCUT2D eigenvalue weighted by molar-refractivity contribution is 5.99. The van der Waals surface area contributed by atoms with Crippen LogP contribution in [0, 0.1) is 0 Å². The molecule has 24 heavy (non-hydrogen) atoms. The van der Waals surface area contributed by atoms with Crippen molar-refractivity contribution >= 4 is 17.5 Å². The third kappa shape index (κ3) is 4.50. The topological polar surface area (TPSA) is 116 Å². The van der Waals surface area contributed by atoms with E-state index in [1.807, 2.05) is 0 Å². The van der Waals surface area contributed by atoms with E-state index in [4.69, 9.17) is 19.6 Å². The fourth-order valence-electron chi connectivity index (χ4n) is 1.95. The van der Waals surface area contributed by atoms with Gasteiger partial charge in [0, 0.05) is 23.9 Å². The molecular formula is C16H19N3O5. The summed E-state index contributed by atoms with van der Waals surface area (Å²) in [5, 5.41) is 5.16. The van der Waals surface area contributed by atoms with Gasteiger partial charge in [-0.05, 0) is 6.07 Å². The zero-order chi connectivity index (χ0) is 17.5. The van der Waals surface area contributed by atoms with E-state index in [1.165, 1.54) is 26.5 Å². The maximum atomic E-state index is 12.0. The number of hydrogen-bond acceptors (Lipinski definition) is 6. The van der Waals surface area contributed by atoms with E-state index >= 15 is 0 Å². The fourth-order valence-corrected chi connectivity index (χ4v) is 1.95. The number of carbonyl (C=O) groups is 2. The van der Waals surface area contributed by atoms with Crippen LogP contribution in [-0.2, 0) is 11.3 Å². The highest BCUT2D eigenvalue weighted by Crippen LogP contribution is 2.25. The van der Waals surface area contributed by atoms with Crippen LogP contribution in [-0.4, -0.2) is 32.6 Å². The van der Waals surface area contributed by atoms with Crippen molar-refractivity contribution in [1.29, 1.82) is 0 Å². The van der Waals surface area contributed by atoms with Crippen LogP contribution in [0.4, 0.5) is 5.69 Å². The summed E-state index contributed by atoms with van der Waals surface area (Å²) in [6, 6.07) is 6.50. The van der Waals surface area contributed by atoms with Gasteiger partial charge in [0.2, 0.25) is 5.91 Å². The van der Waals surface area contributed by atoms with E-state index in [0.717, 1.165) is 0 Å². The Morgan fingerprint density at radius 1 is 1.12 bits per heavy atom. The molecule has 1 heterocycles. The highest BCUT2D eigenvalue weighted by atomic mass is 16.5. The quantitative estimate of drug-likeness (QED) is 0.699. The summed E-state index contributed by atoms with van der Waals surface area (Å²) in [5.74, 6) is 0.772. The fraction of sp³-hybridized carbons (Fsp3) is 0.250. The summed E-state index contributed by atoms with van der Waals surface area (Å²) in [7, 11) is 3.03. The zero-order valence-corrected chi connectivity index (χ0v) is 13.4. The molecule has 8 nitrogen and oxygen atoms in total. The van der Waals surface area contributed by atoms with Crippen molar-refractivity contribution < 1.29 is 23.5 Å². The Kier molecular flexibility index (Phi) is 5.80. The van der Waals surface area contributed by atoms with Gasteiger partial charge < -0.3 is 30.3 Å². The summed E-state index contributed by atoms with van der Waals surface area (Å²) >= 11 is 0. The molecule has 0 aliphatic heterocycles. The zero-order valence-electron chi connectivity index (χ0n) is 13.4. The summed E-state index contributed by atoms with van der Waals surface area (Å²) in [4.78, 5) is 23.9. The van der Waals surface area contributed by atoms with Crippen molar-refractivity contribution in [3.8, 4) is 11.5 Å². The van der Waals surface area contributed by atoms with Gasteiger partial charge in [-0.3, -0.25) is 9.59 Å².